The van der Waals surface area contributed by atoms with Crippen molar-refractivity contribution in [1.29, 1.82) is 0 Å². The van der Waals surface area contributed by atoms with E-state index in [2.05, 4.69) is 5.32 Å². The van der Waals surface area contributed by atoms with Gasteiger partial charge in [0.05, 0.1) is 24.8 Å². The summed E-state index contributed by atoms with van der Waals surface area (Å²) < 4.78 is 16.2. The van der Waals surface area contributed by atoms with Crippen LogP contribution in [0.1, 0.15) is 24.9 Å². The third-order valence-corrected chi connectivity index (χ3v) is 3.25. The van der Waals surface area contributed by atoms with Crippen molar-refractivity contribution in [3.8, 4) is 11.5 Å². The van der Waals surface area contributed by atoms with Gasteiger partial charge in [-0.15, -0.1) is 0 Å². The van der Waals surface area contributed by atoms with Gasteiger partial charge >= 0.3 is 5.97 Å². The minimum Gasteiger partial charge on any atom is -0.489 e. The number of esters is 1. The zero-order valence-corrected chi connectivity index (χ0v) is 12.3. The second kappa shape index (κ2) is 6.81. The number of benzene rings is 1. The summed E-state index contributed by atoms with van der Waals surface area (Å²) in [4.78, 5) is 11.9. The zero-order chi connectivity index (χ0) is 14.5. The molecule has 1 heterocycles. The number of hydrogen-bond donors (Lipinski definition) is 1. The molecule has 1 aliphatic heterocycles. The van der Waals surface area contributed by atoms with Crippen LogP contribution in [0.4, 0.5) is 0 Å². The van der Waals surface area contributed by atoms with Crippen molar-refractivity contribution in [1.82, 2.24) is 5.32 Å². The van der Waals surface area contributed by atoms with E-state index < -0.39 is 6.04 Å². The van der Waals surface area contributed by atoms with Crippen LogP contribution in [-0.4, -0.2) is 32.8 Å². The van der Waals surface area contributed by atoms with Gasteiger partial charge in [0.1, 0.15) is 6.04 Å². The molecule has 1 aliphatic rings. The predicted molar refractivity (Wildman–Crippen MR) is 75.5 cm³/mol. The minimum atomic E-state index is -0.579. The van der Waals surface area contributed by atoms with Gasteiger partial charge in [0.2, 0.25) is 0 Å². The van der Waals surface area contributed by atoms with Crippen LogP contribution in [0, 0.1) is 0 Å². The van der Waals surface area contributed by atoms with Gasteiger partial charge in [-0.1, -0.05) is 11.6 Å². The van der Waals surface area contributed by atoms with Crippen molar-refractivity contribution in [2.45, 2.75) is 19.4 Å². The van der Waals surface area contributed by atoms with E-state index in [4.69, 9.17) is 25.8 Å². The SMILES string of the molecule is CCOC(=O)C(NC)c1cc(Cl)c2c(c1)OCCCO2. The topological polar surface area (TPSA) is 56.8 Å². The molecule has 2 rings (SSSR count). The Kier molecular flexibility index (Phi) is 5.09. The molecule has 0 bridgehead atoms. The van der Waals surface area contributed by atoms with Crippen molar-refractivity contribution >= 4 is 17.6 Å². The van der Waals surface area contributed by atoms with Crippen molar-refractivity contribution in [3.63, 3.8) is 0 Å². The maximum Gasteiger partial charge on any atom is 0.327 e. The first-order valence-electron chi connectivity index (χ1n) is 6.60. The summed E-state index contributed by atoms with van der Waals surface area (Å²) in [6, 6.07) is 2.89. The molecule has 0 aromatic heterocycles. The molecule has 0 spiro atoms. The number of carbonyl (C=O) groups is 1. The average molecular weight is 300 g/mol. The van der Waals surface area contributed by atoms with Gasteiger partial charge in [0.25, 0.3) is 0 Å². The number of ether oxygens (including phenoxy) is 3. The second-order valence-corrected chi connectivity index (χ2v) is 4.76. The monoisotopic (exact) mass is 299 g/mol. The lowest BCUT2D eigenvalue weighted by Gasteiger charge is -2.17. The molecule has 0 saturated carbocycles. The molecule has 110 valence electrons. The summed E-state index contributed by atoms with van der Waals surface area (Å²) in [5.74, 6) is 0.752. The number of likely N-dealkylation sites (N-methyl/N-ethyl adjacent to an activating group) is 1. The molecule has 1 aromatic carbocycles. The first-order valence-corrected chi connectivity index (χ1v) is 6.98. The third kappa shape index (κ3) is 3.16. The van der Waals surface area contributed by atoms with Crippen LogP contribution in [0.15, 0.2) is 12.1 Å². The number of fused-ring (bicyclic) bond motifs is 1. The lowest BCUT2D eigenvalue weighted by atomic mass is 10.1. The van der Waals surface area contributed by atoms with Gasteiger partial charge in [-0.25, -0.2) is 4.79 Å². The fourth-order valence-electron chi connectivity index (χ4n) is 2.06. The first-order chi connectivity index (χ1) is 9.67. The molecule has 6 heteroatoms. The van der Waals surface area contributed by atoms with E-state index in [0.717, 1.165) is 6.42 Å². The molecular weight excluding hydrogens is 282 g/mol. The Morgan fingerprint density at radius 1 is 1.45 bits per heavy atom. The van der Waals surface area contributed by atoms with Gasteiger partial charge in [0.15, 0.2) is 11.5 Å². The molecule has 0 fully saturated rings. The molecule has 5 nitrogen and oxygen atoms in total. The predicted octanol–water partition coefficient (Wildman–Crippen LogP) is 2.32. The standard InChI is InChI=1S/C14H18ClNO4/c1-3-18-14(17)12(16-2)9-7-10(15)13-11(8-9)19-5-4-6-20-13/h7-8,12,16H,3-6H2,1-2H3. The van der Waals surface area contributed by atoms with E-state index in [9.17, 15) is 4.79 Å². The molecule has 0 aliphatic carbocycles. The Morgan fingerprint density at radius 2 is 2.20 bits per heavy atom. The number of rotatable bonds is 4. The Hall–Kier alpha value is -1.46. The molecular formula is C14H18ClNO4. The van der Waals surface area contributed by atoms with Crippen LogP contribution in [-0.2, 0) is 9.53 Å². The molecule has 0 radical (unpaired) electrons. The highest BCUT2D eigenvalue weighted by Crippen LogP contribution is 2.39. The first kappa shape index (κ1) is 14.9. The molecule has 1 unspecified atom stereocenters. The lowest BCUT2D eigenvalue weighted by Crippen LogP contribution is -2.27. The number of hydrogen-bond acceptors (Lipinski definition) is 5. The van der Waals surface area contributed by atoms with Crippen molar-refractivity contribution in [3.05, 3.63) is 22.7 Å². The normalized spacial score (nSPS) is 15.3. The molecule has 0 saturated heterocycles. The quantitative estimate of drug-likeness (QED) is 0.865. The molecule has 1 aromatic rings. The lowest BCUT2D eigenvalue weighted by molar-refractivity contribution is -0.145. The van der Waals surface area contributed by atoms with E-state index in [0.29, 0.717) is 41.9 Å². The van der Waals surface area contributed by atoms with E-state index in [1.54, 1.807) is 26.1 Å². The van der Waals surface area contributed by atoms with Crippen molar-refractivity contribution < 1.29 is 19.0 Å². The summed E-state index contributed by atoms with van der Waals surface area (Å²) in [6.45, 7) is 3.23. The third-order valence-electron chi connectivity index (χ3n) is 2.97. The Bertz CT molecular complexity index is 492. The van der Waals surface area contributed by atoms with Gasteiger partial charge in [-0.05, 0) is 31.7 Å². The van der Waals surface area contributed by atoms with Crippen LogP contribution in [0.5, 0.6) is 11.5 Å². The molecule has 1 atom stereocenters. The van der Waals surface area contributed by atoms with E-state index >= 15 is 0 Å². The summed E-state index contributed by atoms with van der Waals surface area (Å²) in [5.41, 5.74) is 0.695. The van der Waals surface area contributed by atoms with E-state index in [-0.39, 0.29) is 5.97 Å². The highest BCUT2D eigenvalue weighted by Gasteiger charge is 2.24. The van der Waals surface area contributed by atoms with E-state index in [1.165, 1.54) is 0 Å². The number of nitrogens with one attached hydrogen (secondary N) is 1. The molecule has 20 heavy (non-hydrogen) atoms. The van der Waals surface area contributed by atoms with Crippen LogP contribution in [0.2, 0.25) is 5.02 Å². The van der Waals surface area contributed by atoms with Crippen molar-refractivity contribution in [2.24, 2.45) is 0 Å². The summed E-state index contributed by atoms with van der Waals surface area (Å²) >= 11 is 6.22. The molecule has 1 N–H and O–H groups in total. The van der Waals surface area contributed by atoms with Crippen LogP contribution < -0.4 is 14.8 Å². The zero-order valence-electron chi connectivity index (χ0n) is 11.6. The Morgan fingerprint density at radius 3 is 2.90 bits per heavy atom. The largest absolute Gasteiger partial charge is 0.489 e. The summed E-state index contributed by atoms with van der Waals surface area (Å²) in [5, 5.41) is 3.36. The van der Waals surface area contributed by atoms with Crippen LogP contribution in [0.25, 0.3) is 0 Å². The highest BCUT2D eigenvalue weighted by atomic mass is 35.5. The van der Waals surface area contributed by atoms with Gasteiger partial charge in [-0.2, -0.15) is 0 Å². The Balaban J connectivity index is 2.34. The van der Waals surface area contributed by atoms with Crippen molar-refractivity contribution in [2.75, 3.05) is 26.9 Å². The summed E-state index contributed by atoms with van der Waals surface area (Å²) in [7, 11) is 1.69. The van der Waals surface area contributed by atoms with Crippen LogP contribution in [0.3, 0.4) is 0 Å². The Labute approximate surface area is 123 Å². The smallest absolute Gasteiger partial charge is 0.327 e. The van der Waals surface area contributed by atoms with Gasteiger partial charge < -0.3 is 19.5 Å². The number of halogens is 1. The highest BCUT2D eigenvalue weighted by molar-refractivity contribution is 6.32. The minimum absolute atomic E-state index is 0.329. The van der Waals surface area contributed by atoms with Crippen LogP contribution >= 0.6 is 11.6 Å². The fourth-order valence-corrected chi connectivity index (χ4v) is 2.34. The van der Waals surface area contributed by atoms with Gasteiger partial charge in [0, 0.05) is 6.42 Å². The van der Waals surface area contributed by atoms with E-state index in [1.807, 2.05) is 0 Å². The average Bonchev–Trinajstić information content (AvgIpc) is 2.65. The maximum atomic E-state index is 11.9. The fraction of sp³-hybridized carbons (Fsp3) is 0.500. The summed E-state index contributed by atoms with van der Waals surface area (Å²) in [6.07, 6.45) is 0.799. The second-order valence-electron chi connectivity index (χ2n) is 4.35. The van der Waals surface area contributed by atoms with Gasteiger partial charge in [-0.3, -0.25) is 0 Å². The molecule has 0 amide bonds. The maximum absolute atomic E-state index is 11.9. The number of carbonyl (C=O) groups excluding carboxylic acids is 1.